The summed E-state index contributed by atoms with van der Waals surface area (Å²) in [7, 11) is -3.22. The first-order valence-electron chi connectivity index (χ1n) is 18.1. The van der Waals surface area contributed by atoms with Crippen LogP contribution < -0.4 is 0 Å². The second-order valence-electron chi connectivity index (χ2n) is 12.9. The van der Waals surface area contributed by atoms with Crippen molar-refractivity contribution >= 4 is 7.68 Å². The fraction of sp³-hybridized carbons (Fsp3) is 1.00. The Balaban J connectivity index is 3.94. The molecule has 0 aromatic heterocycles. The van der Waals surface area contributed by atoms with E-state index in [-0.39, 0.29) is 6.42 Å². The van der Waals surface area contributed by atoms with Gasteiger partial charge in [0.25, 0.3) is 0 Å². The minimum atomic E-state index is -3.22. The van der Waals surface area contributed by atoms with Crippen LogP contribution in [0.1, 0.15) is 206 Å². The van der Waals surface area contributed by atoms with Crippen LogP contribution in [0.4, 0.5) is 0 Å². The third kappa shape index (κ3) is 23.9. The molecule has 3 unspecified atom stereocenters. The fourth-order valence-corrected chi connectivity index (χ4v) is 6.70. The SMILES string of the molecule is CCCCCCCCCCCCCCCCC(O)C(O)(CCCCCCCCCCCCCCCC)C(O)P(=O)=O. The maximum Gasteiger partial charge on any atom is 0.348 e. The third-order valence-electron chi connectivity index (χ3n) is 8.99. The van der Waals surface area contributed by atoms with Crippen LogP contribution in [0.15, 0.2) is 0 Å². The van der Waals surface area contributed by atoms with Gasteiger partial charge in [-0.2, -0.15) is 0 Å². The van der Waals surface area contributed by atoms with Crippen molar-refractivity contribution in [2.75, 3.05) is 0 Å². The summed E-state index contributed by atoms with van der Waals surface area (Å²) in [6, 6.07) is 0. The zero-order chi connectivity index (χ0) is 30.4. The highest BCUT2D eigenvalue weighted by atomic mass is 31.1. The second-order valence-corrected chi connectivity index (χ2v) is 14.0. The highest BCUT2D eigenvalue weighted by molar-refractivity contribution is 7.31. The normalized spacial score (nSPS) is 14.7. The minimum absolute atomic E-state index is 0.120. The lowest BCUT2D eigenvalue weighted by Gasteiger charge is -2.34. The van der Waals surface area contributed by atoms with Crippen LogP contribution in [0.25, 0.3) is 0 Å². The van der Waals surface area contributed by atoms with Gasteiger partial charge in [0.15, 0.2) is 5.85 Å². The fourth-order valence-electron chi connectivity index (χ4n) is 6.04. The molecule has 6 heteroatoms. The van der Waals surface area contributed by atoms with E-state index in [9.17, 15) is 24.4 Å². The first kappa shape index (κ1) is 40.8. The summed E-state index contributed by atoms with van der Waals surface area (Å²) in [5, 5.41) is 32.0. The van der Waals surface area contributed by atoms with Crippen molar-refractivity contribution < 1.29 is 24.4 Å². The van der Waals surface area contributed by atoms with Crippen LogP contribution in [-0.4, -0.2) is 32.9 Å². The molecule has 5 nitrogen and oxygen atoms in total. The molecule has 0 saturated carbocycles. The smallest absolute Gasteiger partial charge is 0.348 e. The molecule has 0 amide bonds. The molecule has 0 aromatic carbocycles. The Morgan fingerprint density at radius 3 is 1.02 bits per heavy atom. The monoisotopic (exact) mass is 603 g/mol. The molecular formula is C35H71O5P. The van der Waals surface area contributed by atoms with E-state index < -0.39 is 25.2 Å². The predicted molar refractivity (Wildman–Crippen MR) is 175 cm³/mol. The lowest BCUT2D eigenvalue weighted by molar-refractivity contribution is -0.128. The Labute approximate surface area is 255 Å². The van der Waals surface area contributed by atoms with Crippen molar-refractivity contribution in [1.82, 2.24) is 0 Å². The zero-order valence-corrected chi connectivity index (χ0v) is 28.4. The van der Waals surface area contributed by atoms with Gasteiger partial charge >= 0.3 is 7.68 Å². The summed E-state index contributed by atoms with van der Waals surface area (Å²) in [5.74, 6) is -1.92. The molecule has 0 aromatic rings. The quantitative estimate of drug-likeness (QED) is 0.0513. The van der Waals surface area contributed by atoms with Crippen molar-refractivity contribution in [2.24, 2.45) is 0 Å². The lowest BCUT2D eigenvalue weighted by Crippen LogP contribution is -2.50. The number of aliphatic hydroxyl groups is 3. The number of unbranched alkanes of at least 4 members (excludes halogenated alkanes) is 26. The molecule has 0 heterocycles. The van der Waals surface area contributed by atoms with Gasteiger partial charge in [-0.05, 0) is 12.8 Å². The van der Waals surface area contributed by atoms with E-state index in [1.807, 2.05) is 0 Å². The molecule has 0 radical (unpaired) electrons. The highest BCUT2D eigenvalue weighted by Gasteiger charge is 2.45. The van der Waals surface area contributed by atoms with E-state index in [2.05, 4.69) is 13.8 Å². The van der Waals surface area contributed by atoms with Gasteiger partial charge in [-0.3, -0.25) is 0 Å². The van der Waals surface area contributed by atoms with Crippen molar-refractivity contribution in [3.05, 3.63) is 0 Å². The molecule has 246 valence electrons. The van der Waals surface area contributed by atoms with Crippen molar-refractivity contribution in [3.63, 3.8) is 0 Å². The van der Waals surface area contributed by atoms with Crippen LogP contribution in [-0.2, 0) is 9.13 Å². The van der Waals surface area contributed by atoms with Crippen LogP contribution in [0.3, 0.4) is 0 Å². The molecule has 3 atom stereocenters. The number of rotatable bonds is 33. The van der Waals surface area contributed by atoms with Gasteiger partial charge in [0, 0.05) is 0 Å². The van der Waals surface area contributed by atoms with Crippen LogP contribution in [0.2, 0.25) is 0 Å². The Kier molecular flexibility index (Phi) is 29.7. The summed E-state index contributed by atoms with van der Waals surface area (Å²) in [5.41, 5.74) is -1.97. The van der Waals surface area contributed by atoms with E-state index in [0.717, 1.165) is 38.5 Å². The molecule has 3 N–H and O–H groups in total. The summed E-state index contributed by atoms with van der Waals surface area (Å²) >= 11 is 0. The van der Waals surface area contributed by atoms with Gasteiger partial charge in [-0.15, -0.1) is 0 Å². The lowest BCUT2D eigenvalue weighted by atomic mass is 9.87. The standard InChI is InChI=1S/C35H71O5P/c1-3-5-7-9-11-13-15-17-19-21-23-25-27-29-31-33(36)35(38,34(37)41(39)40)32-30-28-26-24-22-20-18-16-14-12-10-8-6-4-2/h33-34,36-38H,3-32H2,1-2H3. The number of aliphatic hydroxyl groups excluding tert-OH is 2. The largest absolute Gasteiger partial charge is 0.390 e. The predicted octanol–water partition coefficient (Wildman–Crippen LogP) is 11.3. The summed E-state index contributed by atoms with van der Waals surface area (Å²) in [4.78, 5) is 0. The van der Waals surface area contributed by atoms with Crippen LogP contribution in [0, 0.1) is 0 Å². The number of hydrogen-bond acceptors (Lipinski definition) is 5. The average molecular weight is 603 g/mol. The van der Waals surface area contributed by atoms with Crippen LogP contribution >= 0.6 is 7.68 Å². The molecule has 41 heavy (non-hydrogen) atoms. The summed E-state index contributed by atoms with van der Waals surface area (Å²) in [6.07, 6.45) is 33.6. The topological polar surface area (TPSA) is 94.8 Å². The van der Waals surface area contributed by atoms with E-state index in [1.54, 1.807) is 0 Å². The molecule has 0 bridgehead atoms. The summed E-state index contributed by atoms with van der Waals surface area (Å²) < 4.78 is 23.0. The molecule has 0 aliphatic carbocycles. The maximum atomic E-state index is 11.5. The Hall–Kier alpha value is -0.220. The van der Waals surface area contributed by atoms with E-state index in [0.29, 0.717) is 12.8 Å². The zero-order valence-electron chi connectivity index (χ0n) is 27.5. The molecule has 0 saturated heterocycles. The Morgan fingerprint density at radius 1 is 0.463 bits per heavy atom. The van der Waals surface area contributed by atoms with Gasteiger partial charge in [0.2, 0.25) is 0 Å². The Morgan fingerprint density at radius 2 is 0.732 bits per heavy atom. The highest BCUT2D eigenvalue weighted by Crippen LogP contribution is 2.34. The summed E-state index contributed by atoms with van der Waals surface area (Å²) in [6.45, 7) is 4.51. The Bertz CT molecular complexity index is 603. The van der Waals surface area contributed by atoms with Gasteiger partial charge in [0.1, 0.15) is 5.60 Å². The second kappa shape index (κ2) is 29.8. The number of hydrogen-bond donors (Lipinski definition) is 3. The van der Waals surface area contributed by atoms with Crippen molar-refractivity contribution in [2.45, 2.75) is 224 Å². The van der Waals surface area contributed by atoms with Gasteiger partial charge < -0.3 is 15.3 Å². The van der Waals surface area contributed by atoms with Crippen LogP contribution in [0.5, 0.6) is 0 Å². The van der Waals surface area contributed by atoms with Crippen molar-refractivity contribution in [1.29, 1.82) is 0 Å². The molecular weight excluding hydrogens is 531 g/mol. The molecule has 0 spiro atoms. The van der Waals surface area contributed by atoms with E-state index >= 15 is 0 Å². The molecule has 0 aliphatic rings. The van der Waals surface area contributed by atoms with E-state index in [1.165, 1.54) is 135 Å². The van der Waals surface area contributed by atoms with Gasteiger partial charge in [0.05, 0.1) is 6.10 Å². The third-order valence-corrected chi connectivity index (χ3v) is 9.83. The average Bonchev–Trinajstić information content (AvgIpc) is 2.96. The van der Waals surface area contributed by atoms with Gasteiger partial charge in [-0.1, -0.05) is 194 Å². The minimum Gasteiger partial charge on any atom is -0.390 e. The first-order chi connectivity index (χ1) is 19.9. The first-order valence-corrected chi connectivity index (χ1v) is 19.4. The molecule has 0 rings (SSSR count). The molecule has 0 fully saturated rings. The molecule has 0 aliphatic heterocycles. The van der Waals surface area contributed by atoms with Gasteiger partial charge in [-0.25, -0.2) is 9.13 Å². The maximum absolute atomic E-state index is 11.5. The van der Waals surface area contributed by atoms with E-state index in [4.69, 9.17) is 0 Å². The van der Waals surface area contributed by atoms with Crippen molar-refractivity contribution in [3.8, 4) is 0 Å².